The molecule has 0 aromatic carbocycles. The lowest BCUT2D eigenvalue weighted by atomic mass is 10.4. The van der Waals surface area contributed by atoms with Crippen molar-refractivity contribution in [3.63, 3.8) is 0 Å². The molecule has 132 valence electrons. The van der Waals surface area contributed by atoms with Gasteiger partial charge in [0.15, 0.2) is 0 Å². The van der Waals surface area contributed by atoms with Gasteiger partial charge in [0, 0.05) is 29.0 Å². The third-order valence-electron chi connectivity index (χ3n) is 2.93. The molecule has 2 N–H and O–H groups in total. The molecule has 6 nitrogen and oxygen atoms in total. The number of aromatic nitrogens is 2. The van der Waals surface area contributed by atoms with E-state index in [2.05, 4.69) is 20.0 Å². The molecule has 0 aliphatic heterocycles. The topological polar surface area (TPSA) is 84.0 Å². The van der Waals surface area contributed by atoms with Crippen LogP contribution in [0, 0.1) is 13.8 Å². The van der Waals surface area contributed by atoms with Crippen LogP contribution in [0.15, 0.2) is 23.2 Å². The second-order valence-corrected chi connectivity index (χ2v) is 8.06. The minimum atomic E-state index is -4.56. The Morgan fingerprint density at radius 1 is 1.25 bits per heavy atom. The van der Waals surface area contributed by atoms with Crippen LogP contribution in [-0.2, 0) is 16.2 Å². The quantitative estimate of drug-likeness (QED) is 0.753. The number of halogens is 3. The van der Waals surface area contributed by atoms with Gasteiger partial charge in [-0.25, -0.2) is 23.1 Å². The maximum Gasteiger partial charge on any atom is 0.433 e. The first-order valence-electron chi connectivity index (χ1n) is 6.80. The lowest BCUT2D eigenvalue weighted by Crippen LogP contribution is -2.29. The largest absolute Gasteiger partial charge is 0.433 e. The summed E-state index contributed by atoms with van der Waals surface area (Å²) in [5.74, 6) is -0.216. The lowest BCUT2D eigenvalue weighted by molar-refractivity contribution is -0.141. The molecule has 0 aliphatic carbocycles. The predicted octanol–water partition coefficient (Wildman–Crippen LogP) is 2.56. The smallest absolute Gasteiger partial charge is 0.353 e. The lowest BCUT2D eigenvalue weighted by Gasteiger charge is -2.09. The highest BCUT2D eigenvalue weighted by molar-refractivity contribution is 7.89. The van der Waals surface area contributed by atoms with Crippen LogP contribution < -0.4 is 10.0 Å². The molecule has 0 spiro atoms. The average Bonchev–Trinajstić information content (AvgIpc) is 2.83. The van der Waals surface area contributed by atoms with Gasteiger partial charge >= 0.3 is 6.18 Å². The van der Waals surface area contributed by atoms with Gasteiger partial charge in [-0.2, -0.15) is 13.2 Å². The minimum Gasteiger partial charge on any atom is -0.353 e. The molecule has 0 bridgehead atoms. The van der Waals surface area contributed by atoms with E-state index < -0.39 is 21.9 Å². The van der Waals surface area contributed by atoms with Crippen molar-refractivity contribution in [2.45, 2.75) is 24.9 Å². The average molecular weight is 380 g/mol. The number of rotatable bonds is 6. The highest BCUT2D eigenvalue weighted by Crippen LogP contribution is 2.27. The second-order valence-electron chi connectivity index (χ2n) is 4.87. The van der Waals surface area contributed by atoms with Crippen LogP contribution in [-0.4, -0.2) is 31.5 Å². The van der Waals surface area contributed by atoms with Gasteiger partial charge in [0.1, 0.15) is 5.69 Å². The summed E-state index contributed by atoms with van der Waals surface area (Å²) in [5, 5.41) is 2.55. The molecule has 2 heterocycles. The van der Waals surface area contributed by atoms with Crippen LogP contribution in [0.4, 0.5) is 19.1 Å². The van der Waals surface area contributed by atoms with Gasteiger partial charge in [-0.15, -0.1) is 11.3 Å². The van der Waals surface area contributed by atoms with E-state index in [0.29, 0.717) is 4.88 Å². The van der Waals surface area contributed by atoms with Crippen LogP contribution in [0.5, 0.6) is 0 Å². The van der Waals surface area contributed by atoms with Gasteiger partial charge in [0.05, 0.1) is 4.90 Å². The normalized spacial score (nSPS) is 12.4. The summed E-state index contributed by atoms with van der Waals surface area (Å²) in [5.41, 5.74) is -1.06. The Labute approximate surface area is 141 Å². The van der Waals surface area contributed by atoms with Crippen LogP contribution in [0.2, 0.25) is 0 Å². The van der Waals surface area contributed by atoms with E-state index in [1.807, 2.05) is 6.92 Å². The van der Waals surface area contributed by atoms with Crippen LogP contribution in [0.1, 0.15) is 15.4 Å². The summed E-state index contributed by atoms with van der Waals surface area (Å²) in [4.78, 5) is 8.76. The molecule has 0 aliphatic rings. The number of anilines is 1. The van der Waals surface area contributed by atoms with Crippen molar-refractivity contribution in [1.29, 1.82) is 0 Å². The molecule has 11 heteroatoms. The molecular weight excluding hydrogens is 365 g/mol. The number of thiophene rings is 1. The van der Waals surface area contributed by atoms with Crippen molar-refractivity contribution in [2.75, 3.05) is 18.4 Å². The zero-order valence-corrected chi connectivity index (χ0v) is 14.4. The molecular formula is C13H15F3N4O2S2. The third kappa shape index (κ3) is 4.65. The number of nitrogens with one attached hydrogen (secondary N) is 2. The van der Waals surface area contributed by atoms with E-state index in [1.54, 1.807) is 13.0 Å². The SMILES string of the molecule is Cc1cc(S(=O)(=O)NCCNc2nccc(C(F)(F)F)n2)c(C)s1. The summed E-state index contributed by atoms with van der Waals surface area (Å²) in [7, 11) is -3.66. The van der Waals surface area contributed by atoms with Crippen LogP contribution in [0.25, 0.3) is 0 Å². The molecule has 2 aromatic rings. The van der Waals surface area contributed by atoms with Crippen molar-refractivity contribution < 1.29 is 21.6 Å². The Morgan fingerprint density at radius 3 is 2.54 bits per heavy atom. The maximum atomic E-state index is 12.5. The molecule has 0 atom stereocenters. The first-order valence-corrected chi connectivity index (χ1v) is 9.10. The van der Waals surface area contributed by atoms with Gasteiger partial charge < -0.3 is 5.32 Å². The van der Waals surface area contributed by atoms with Crippen LogP contribution in [0.3, 0.4) is 0 Å². The molecule has 0 saturated heterocycles. The van der Waals surface area contributed by atoms with Crippen molar-refractivity contribution in [1.82, 2.24) is 14.7 Å². The molecule has 0 unspecified atom stereocenters. The van der Waals surface area contributed by atoms with E-state index in [4.69, 9.17) is 0 Å². The van der Waals surface area contributed by atoms with Gasteiger partial charge in [0.2, 0.25) is 16.0 Å². The molecule has 0 saturated carbocycles. The van der Waals surface area contributed by atoms with E-state index in [9.17, 15) is 21.6 Å². The predicted molar refractivity (Wildman–Crippen MR) is 84.5 cm³/mol. The zero-order valence-electron chi connectivity index (χ0n) is 12.8. The summed E-state index contributed by atoms with van der Waals surface area (Å²) in [6, 6.07) is 2.33. The van der Waals surface area contributed by atoms with E-state index in [0.717, 1.165) is 17.1 Å². The Balaban J connectivity index is 1.92. The molecule has 2 aromatic heterocycles. The van der Waals surface area contributed by atoms with Gasteiger partial charge in [-0.05, 0) is 26.0 Å². The Bertz CT molecular complexity index is 819. The van der Waals surface area contributed by atoms with Gasteiger partial charge in [0.25, 0.3) is 0 Å². The Morgan fingerprint density at radius 2 is 1.96 bits per heavy atom. The fraction of sp³-hybridized carbons (Fsp3) is 0.385. The standard InChI is InChI=1S/C13H15F3N4O2S2/c1-8-7-10(9(2)23-8)24(21,22)19-6-5-18-12-17-4-3-11(20-12)13(14,15)16/h3-4,7,19H,5-6H2,1-2H3,(H,17,18,20). The van der Waals surface area contributed by atoms with E-state index in [1.165, 1.54) is 11.3 Å². The van der Waals surface area contributed by atoms with Gasteiger partial charge in [-0.1, -0.05) is 0 Å². The third-order valence-corrected chi connectivity index (χ3v) is 5.61. The summed E-state index contributed by atoms with van der Waals surface area (Å²) in [6.45, 7) is 3.54. The zero-order chi connectivity index (χ0) is 18.0. The Kier molecular flexibility index (Phi) is 5.45. The molecule has 24 heavy (non-hydrogen) atoms. The van der Waals surface area contributed by atoms with Crippen molar-refractivity contribution in [3.05, 3.63) is 33.8 Å². The summed E-state index contributed by atoms with van der Waals surface area (Å²) < 4.78 is 64.3. The second kappa shape index (κ2) is 7.03. The molecule has 0 fully saturated rings. The van der Waals surface area contributed by atoms with E-state index >= 15 is 0 Å². The number of nitrogens with zero attached hydrogens (tertiary/aromatic N) is 2. The number of hydrogen-bond acceptors (Lipinski definition) is 6. The maximum absolute atomic E-state index is 12.5. The minimum absolute atomic E-state index is 0.0176. The summed E-state index contributed by atoms with van der Waals surface area (Å²) in [6.07, 6.45) is -3.57. The number of aryl methyl sites for hydroxylation is 2. The highest BCUT2D eigenvalue weighted by Gasteiger charge is 2.32. The number of sulfonamides is 1. The van der Waals surface area contributed by atoms with Crippen molar-refractivity contribution >= 4 is 27.3 Å². The first kappa shape index (κ1) is 18.6. The number of alkyl halides is 3. The molecule has 2 rings (SSSR count). The van der Waals surface area contributed by atoms with Crippen LogP contribution >= 0.6 is 11.3 Å². The highest BCUT2D eigenvalue weighted by atomic mass is 32.2. The van der Waals surface area contributed by atoms with Crippen molar-refractivity contribution in [2.24, 2.45) is 0 Å². The number of hydrogen-bond donors (Lipinski definition) is 2. The fourth-order valence-electron chi connectivity index (χ4n) is 1.91. The molecule has 0 radical (unpaired) electrons. The van der Waals surface area contributed by atoms with Crippen molar-refractivity contribution in [3.8, 4) is 0 Å². The van der Waals surface area contributed by atoms with Gasteiger partial charge in [-0.3, -0.25) is 0 Å². The summed E-state index contributed by atoms with van der Waals surface area (Å²) >= 11 is 1.37. The Hall–Kier alpha value is -1.72. The first-order chi connectivity index (χ1) is 11.1. The monoisotopic (exact) mass is 380 g/mol. The molecule has 0 amide bonds. The van der Waals surface area contributed by atoms with E-state index in [-0.39, 0.29) is 23.9 Å². The fourth-order valence-corrected chi connectivity index (χ4v) is 4.50.